The second-order valence-corrected chi connectivity index (χ2v) is 4.77. The number of nitro groups is 1. The van der Waals surface area contributed by atoms with Crippen LogP contribution in [0.3, 0.4) is 0 Å². The third kappa shape index (κ3) is 3.23. The Morgan fingerprint density at radius 3 is 2.87 bits per heavy atom. The topological polar surface area (TPSA) is 116 Å². The summed E-state index contributed by atoms with van der Waals surface area (Å²) >= 11 is 0. The van der Waals surface area contributed by atoms with E-state index in [4.69, 9.17) is 4.74 Å². The van der Waals surface area contributed by atoms with Gasteiger partial charge in [0.25, 0.3) is 5.89 Å². The molecule has 9 nitrogen and oxygen atoms in total. The summed E-state index contributed by atoms with van der Waals surface area (Å²) in [5.74, 6) is -0.983. The Morgan fingerprint density at radius 1 is 1.52 bits per heavy atom. The van der Waals surface area contributed by atoms with Crippen molar-refractivity contribution in [3.05, 3.63) is 28.3 Å². The third-order valence-corrected chi connectivity index (χ3v) is 3.24. The number of ether oxygens (including phenoxy) is 1. The minimum Gasteiger partial charge on any atom is -0.376 e. The Kier molecular flexibility index (Phi) is 4.10. The first-order chi connectivity index (χ1) is 11.0. The van der Waals surface area contributed by atoms with Gasteiger partial charge in [-0.15, -0.1) is 0 Å². The lowest BCUT2D eigenvalue weighted by molar-refractivity contribution is -0.384. The highest BCUT2D eigenvalue weighted by Gasteiger charge is 2.23. The number of nitrogens with zero attached hydrogens (tertiary/aromatic N) is 4. The summed E-state index contributed by atoms with van der Waals surface area (Å²) in [6, 6.07) is 1.15. The van der Waals surface area contributed by atoms with Crippen LogP contribution < -0.4 is 5.32 Å². The Labute approximate surface area is 127 Å². The average Bonchev–Trinajstić information content (AvgIpc) is 2.95. The van der Waals surface area contributed by atoms with Crippen LogP contribution in [-0.2, 0) is 4.74 Å². The molecular formula is C12H11F2N5O4. The van der Waals surface area contributed by atoms with E-state index >= 15 is 0 Å². The number of aromatic nitrogens is 3. The van der Waals surface area contributed by atoms with Crippen molar-refractivity contribution < 1.29 is 23.0 Å². The first kappa shape index (κ1) is 15.2. The molecule has 1 unspecified atom stereocenters. The number of alkyl halides is 2. The summed E-state index contributed by atoms with van der Waals surface area (Å²) in [6.07, 6.45) is -0.792. The fraction of sp³-hybridized carbons (Fsp3) is 0.417. The summed E-state index contributed by atoms with van der Waals surface area (Å²) in [5.41, 5.74) is -0.206. The van der Waals surface area contributed by atoms with Gasteiger partial charge in [0.15, 0.2) is 0 Å². The molecule has 0 aromatic carbocycles. The van der Waals surface area contributed by atoms with Crippen LogP contribution in [0.5, 0.6) is 0 Å². The van der Waals surface area contributed by atoms with Gasteiger partial charge in [0, 0.05) is 31.0 Å². The van der Waals surface area contributed by atoms with Crippen molar-refractivity contribution in [3.63, 3.8) is 0 Å². The van der Waals surface area contributed by atoms with E-state index in [0.29, 0.717) is 13.2 Å². The van der Waals surface area contributed by atoms with E-state index in [0.717, 1.165) is 12.5 Å². The predicted octanol–water partition coefficient (Wildman–Crippen LogP) is 2.18. The summed E-state index contributed by atoms with van der Waals surface area (Å²) in [5, 5.41) is 17.4. The molecule has 2 aromatic rings. The van der Waals surface area contributed by atoms with Crippen LogP contribution >= 0.6 is 0 Å². The largest absolute Gasteiger partial charge is 0.376 e. The summed E-state index contributed by atoms with van der Waals surface area (Å²) in [7, 11) is 0. The van der Waals surface area contributed by atoms with Crippen molar-refractivity contribution in [1.82, 2.24) is 15.1 Å². The number of hydrogen-bond acceptors (Lipinski definition) is 8. The van der Waals surface area contributed by atoms with Gasteiger partial charge in [-0.2, -0.15) is 13.8 Å². The number of hydrogen-bond donors (Lipinski definition) is 1. The van der Waals surface area contributed by atoms with E-state index in [1.807, 2.05) is 0 Å². The zero-order valence-electron chi connectivity index (χ0n) is 11.6. The van der Waals surface area contributed by atoms with Gasteiger partial charge in [-0.25, -0.2) is 4.98 Å². The average molecular weight is 327 g/mol. The molecule has 3 rings (SSSR count). The molecule has 122 valence electrons. The van der Waals surface area contributed by atoms with Gasteiger partial charge in [-0.05, 0) is 6.42 Å². The van der Waals surface area contributed by atoms with E-state index in [9.17, 15) is 18.9 Å². The molecule has 1 fully saturated rings. The third-order valence-electron chi connectivity index (χ3n) is 3.24. The van der Waals surface area contributed by atoms with Gasteiger partial charge >= 0.3 is 12.1 Å². The molecule has 0 amide bonds. The Balaban J connectivity index is 1.84. The molecule has 2 aromatic heterocycles. The number of halogens is 2. The first-order valence-corrected chi connectivity index (χ1v) is 6.66. The predicted molar refractivity (Wildman–Crippen MR) is 72.0 cm³/mol. The minimum atomic E-state index is -2.91. The molecule has 0 spiro atoms. The van der Waals surface area contributed by atoms with Crippen molar-refractivity contribution in [2.24, 2.45) is 0 Å². The first-order valence-electron chi connectivity index (χ1n) is 6.66. The van der Waals surface area contributed by atoms with Crippen LogP contribution in [0.1, 0.15) is 18.7 Å². The normalized spacial score (nSPS) is 17.1. The molecular weight excluding hydrogens is 316 g/mol. The van der Waals surface area contributed by atoms with Gasteiger partial charge in [-0.1, -0.05) is 5.16 Å². The molecule has 0 aliphatic carbocycles. The molecule has 0 radical (unpaired) electrons. The Hall–Kier alpha value is -2.69. The van der Waals surface area contributed by atoms with Crippen LogP contribution in [0, 0.1) is 10.1 Å². The maximum absolute atomic E-state index is 12.4. The van der Waals surface area contributed by atoms with Crippen LogP contribution in [0.25, 0.3) is 11.4 Å². The van der Waals surface area contributed by atoms with E-state index in [1.54, 1.807) is 0 Å². The van der Waals surface area contributed by atoms with Crippen molar-refractivity contribution in [1.29, 1.82) is 0 Å². The van der Waals surface area contributed by atoms with Crippen molar-refractivity contribution in [2.45, 2.75) is 19.0 Å². The van der Waals surface area contributed by atoms with Gasteiger partial charge in [-0.3, -0.25) is 10.1 Å². The highest BCUT2D eigenvalue weighted by molar-refractivity contribution is 5.65. The van der Waals surface area contributed by atoms with Gasteiger partial charge in [0.1, 0.15) is 0 Å². The SMILES string of the molecule is O=[N+]([O-])c1cc(-c2noc(C(F)F)n2)cnc1NCC1CCO1. The summed E-state index contributed by atoms with van der Waals surface area (Å²) in [4.78, 5) is 17.9. The van der Waals surface area contributed by atoms with Gasteiger partial charge in [0.05, 0.1) is 11.0 Å². The number of anilines is 1. The highest BCUT2D eigenvalue weighted by Crippen LogP contribution is 2.28. The van der Waals surface area contributed by atoms with E-state index < -0.39 is 17.2 Å². The Morgan fingerprint density at radius 2 is 2.30 bits per heavy atom. The van der Waals surface area contributed by atoms with Crippen molar-refractivity contribution >= 4 is 11.5 Å². The molecule has 23 heavy (non-hydrogen) atoms. The summed E-state index contributed by atoms with van der Waals surface area (Å²) < 4.78 is 34.5. The standard InChI is InChI=1S/C12H11F2N5O4/c13-9(14)12-17-10(18-23-12)6-3-8(19(20)21)11(15-4-6)16-5-7-1-2-22-7/h3-4,7,9H,1-2,5H2,(H,15,16). The number of pyridine rings is 1. The van der Waals surface area contributed by atoms with Crippen LogP contribution in [-0.4, -0.2) is 39.3 Å². The monoisotopic (exact) mass is 327 g/mol. The van der Waals surface area contributed by atoms with Crippen LogP contribution in [0.2, 0.25) is 0 Å². The van der Waals surface area contributed by atoms with Gasteiger partial charge in [0.2, 0.25) is 11.6 Å². The molecule has 1 N–H and O–H groups in total. The van der Waals surface area contributed by atoms with E-state index in [1.165, 1.54) is 6.20 Å². The molecule has 0 saturated carbocycles. The molecule has 1 atom stereocenters. The minimum absolute atomic E-state index is 0.00175. The zero-order chi connectivity index (χ0) is 16.4. The lowest BCUT2D eigenvalue weighted by Crippen LogP contribution is -2.33. The van der Waals surface area contributed by atoms with E-state index in [2.05, 4.69) is 25.0 Å². The molecule has 1 aliphatic rings. The fourth-order valence-corrected chi connectivity index (χ4v) is 1.95. The molecule has 11 heteroatoms. The van der Waals surface area contributed by atoms with Crippen LogP contribution in [0.4, 0.5) is 20.3 Å². The quantitative estimate of drug-likeness (QED) is 0.634. The maximum atomic E-state index is 12.4. The molecule has 3 heterocycles. The molecule has 1 aliphatic heterocycles. The van der Waals surface area contributed by atoms with Gasteiger partial charge < -0.3 is 14.6 Å². The van der Waals surface area contributed by atoms with E-state index in [-0.39, 0.29) is 29.0 Å². The zero-order valence-corrected chi connectivity index (χ0v) is 11.6. The molecule has 0 bridgehead atoms. The summed E-state index contributed by atoms with van der Waals surface area (Å²) in [6.45, 7) is 1.07. The maximum Gasteiger partial charge on any atom is 0.315 e. The van der Waals surface area contributed by atoms with Crippen LogP contribution in [0.15, 0.2) is 16.8 Å². The lowest BCUT2D eigenvalue weighted by Gasteiger charge is -2.26. The second kappa shape index (κ2) is 6.20. The van der Waals surface area contributed by atoms with Crippen molar-refractivity contribution in [3.8, 4) is 11.4 Å². The number of rotatable bonds is 6. The Bertz CT molecular complexity index is 719. The fourth-order valence-electron chi connectivity index (χ4n) is 1.95. The lowest BCUT2D eigenvalue weighted by atomic mass is 10.2. The van der Waals surface area contributed by atoms with Crippen molar-refractivity contribution in [2.75, 3.05) is 18.5 Å². The smallest absolute Gasteiger partial charge is 0.315 e. The molecule has 1 saturated heterocycles. The number of nitrogens with one attached hydrogen (secondary N) is 1. The highest BCUT2D eigenvalue weighted by atomic mass is 19.3. The second-order valence-electron chi connectivity index (χ2n) is 4.77.